The summed E-state index contributed by atoms with van der Waals surface area (Å²) in [6.45, 7) is 3.39. The third kappa shape index (κ3) is 4.52. The Kier molecular flexibility index (Phi) is 6.15. The maximum atomic E-state index is 13.1. The number of benzene rings is 1. The minimum Gasteiger partial charge on any atom is -0.373 e. The lowest BCUT2D eigenvalue weighted by molar-refractivity contribution is -0.132. The Morgan fingerprint density at radius 1 is 1.19 bits per heavy atom. The van der Waals surface area contributed by atoms with Crippen LogP contribution in [0.15, 0.2) is 24.3 Å². The average Bonchev–Trinajstić information content (AvgIpc) is 3.27. The van der Waals surface area contributed by atoms with E-state index in [0.717, 1.165) is 41.9 Å². The molecule has 31 heavy (non-hydrogen) atoms. The Bertz CT molecular complexity index is 979. The normalized spacial score (nSPS) is 18.1. The number of carbonyl (C=O) groups excluding carboxylic acids is 2. The third-order valence-corrected chi connectivity index (χ3v) is 6.18. The molecule has 2 aromatic rings. The van der Waals surface area contributed by atoms with Crippen LogP contribution in [0.1, 0.15) is 54.9 Å². The molecule has 1 aromatic heterocycles. The number of fused-ring (bicyclic) bond motifs is 1. The fraction of sp³-hybridized carbons (Fsp3) is 0.478. The van der Waals surface area contributed by atoms with Gasteiger partial charge < -0.3 is 15.1 Å². The molecule has 0 radical (unpaired) electrons. The number of hydrogen-bond donors (Lipinski definition) is 1. The number of aryl methyl sites for hydroxylation is 1. The molecule has 1 fully saturated rings. The van der Waals surface area contributed by atoms with Crippen LogP contribution >= 0.6 is 0 Å². The van der Waals surface area contributed by atoms with E-state index in [4.69, 9.17) is 9.97 Å². The zero-order chi connectivity index (χ0) is 22.0. The fourth-order valence-electron chi connectivity index (χ4n) is 4.45. The van der Waals surface area contributed by atoms with E-state index in [1.807, 2.05) is 11.9 Å². The van der Waals surface area contributed by atoms with E-state index < -0.39 is 0 Å². The van der Waals surface area contributed by atoms with Crippen LogP contribution in [0.4, 0.5) is 10.2 Å². The predicted molar refractivity (Wildman–Crippen MR) is 115 cm³/mol. The van der Waals surface area contributed by atoms with Crippen molar-refractivity contribution in [1.29, 1.82) is 0 Å². The average molecular weight is 426 g/mol. The maximum Gasteiger partial charge on any atom is 0.223 e. The van der Waals surface area contributed by atoms with Crippen molar-refractivity contribution < 1.29 is 14.0 Å². The highest BCUT2D eigenvalue weighted by molar-refractivity contribution is 5.77. The molecule has 164 valence electrons. The largest absolute Gasteiger partial charge is 0.373 e. The van der Waals surface area contributed by atoms with Crippen LogP contribution in [-0.2, 0) is 29.0 Å². The predicted octanol–water partition coefficient (Wildman–Crippen LogP) is 2.86. The van der Waals surface area contributed by atoms with Gasteiger partial charge in [-0.1, -0.05) is 12.1 Å². The van der Waals surface area contributed by atoms with E-state index in [-0.39, 0.29) is 23.7 Å². The van der Waals surface area contributed by atoms with Crippen LogP contribution in [0.3, 0.4) is 0 Å². The number of nitrogens with one attached hydrogen (secondary N) is 1. The molecule has 1 N–H and O–H groups in total. The van der Waals surface area contributed by atoms with Crippen molar-refractivity contribution in [2.75, 3.05) is 25.5 Å². The van der Waals surface area contributed by atoms with Gasteiger partial charge in [0.15, 0.2) is 5.82 Å². The van der Waals surface area contributed by atoms with Crippen molar-refractivity contribution in [1.82, 2.24) is 19.8 Å². The molecule has 2 aliphatic rings. The second kappa shape index (κ2) is 8.99. The molecule has 3 heterocycles. The first-order valence-corrected chi connectivity index (χ1v) is 10.8. The minimum atomic E-state index is -0.275. The van der Waals surface area contributed by atoms with Crippen LogP contribution in [0.5, 0.6) is 0 Å². The maximum absolute atomic E-state index is 13.1. The summed E-state index contributed by atoms with van der Waals surface area (Å²) in [5.41, 5.74) is 2.86. The Morgan fingerprint density at radius 2 is 1.97 bits per heavy atom. The summed E-state index contributed by atoms with van der Waals surface area (Å²) in [4.78, 5) is 38.1. The van der Waals surface area contributed by atoms with Gasteiger partial charge in [0, 0.05) is 39.0 Å². The fourth-order valence-corrected chi connectivity index (χ4v) is 4.45. The lowest BCUT2D eigenvalue weighted by Crippen LogP contribution is -2.36. The summed E-state index contributed by atoms with van der Waals surface area (Å²) >= 11 is 0. The Morgan fingerprint density at radius 3 is 2.68 bits per heavy atom. The van der Waals surface area contributed by atoms with Gasteiger partial charge in [-0.15, -0.1) is 0 Å². The quantitative estimate of drug-likeness (QED) is 0.797. The van der Waals surface area contributed by atoms with Crippen molar-refractivity contribution in [3.63, 3.8) is 0 Å². The summed E-state index contributed by atoms with van der Waals surface area (Å²) in [7, 11) is 1.84. The summed E-state index contributed by atoms with van der Waals surface area (Å²) in [5.74, 6) is 1.25. The monoisotopic (exact) mass is 425 g/mol. The zero-order valence-corrected chi connectivity index (χ0v) is 18.0. The van der Waals surface area contributed by atoms with Crippen LogP contribution in [-0.4, -0.2) is 51.7 Å². The summed E-state index contributed by atoms with van der Waals surface area (Å²) in [6, 6.07) is 6.12. The second-order valence-electron chi connectivity index (χ2n) is 8.17. The molecular weight excluding hydrogens is 397 g/mol. The smallest absolute Gasteiger partial charge is 0.223 e. The number of hydrogen-bond acceptors (Lipinski definition) is 5. The molecule has 1 saturated heterocycles. The number of nitrogens with zero attached hydrogens (tertiary/aromatic N) is 4. The summed E-state index contributed by atoms with van der Waals surface area (Å²) in [6.07, 6.45) is 3.38. The first-order chi connectivity index (χ1) is 15.0. The van der Waals surface area contributed by atoms with Crippen molar-refractivity contribution in [2.45, 2.75) is 51.6 Å². The van der Waals surface area contributed by atoms with Gasteiger partial charge >= 0.3 is 0 Å². The van der Waals surface area contributed by atoms with E-state index in [9.17, 15) is 14.0 Å². The van der Waals surface area contributed by atoms with Crippen molar-refractivity contribution >= 4 is 17.6 Å². The number of aromatic nitrogens is 2. The van der Waals surface area contributed by atoms with E-state index in [1.165, 1.54) is 12.1 Å². The third-order valence-electron chi connectivity index (χ3n) is 6.18. The Labute approximate surface area is 181 Å². The topological polar surface area (TPSA) is 78.4 Å². The van der Waals surface area contributed by atoms with E-state index >= 15 is 0 Å². The molecule has 0 bridgehead atoms. The molecule has 0 saturated carbocycles. The molecule has 1 aromatic carbocycles. The van der Waals surface area contributed by atoms with Crippen molar-refractivity contribution in [2.24, 2.45) is 0 Å². The molecule has 4 rings (SSSR count). The standard InChI is InChI=1S/C23H28FN5O2/c1-15(30)28-13-11-18-19(14-28)26-23(27-22(18)25-2)20-4-3-12-29(20)21(31)10-7-16-5-8-17(24)9-6-16/h5-6,8-9,20H,3-4,7,10-14H2,1-2H3,(H,25,26,27). The van der Waals surface area contributed by atoms with Gasteiger partial charge in [-0.05, 0) is 43.4 Å². The zero-order valence-electron chi connectivity index (χ0n) is 18.0. The molecule has 1 unspecified atom stereocenters. The molecule has 0 spiro atoms. The van der Waals surface area contributed by atoms with Crippen LogP contribution in [0.25, 0.3) is 0 Å². The molecular formula is C23H28FN5O2. The number of carbonyl (C=O) groups is 2. The van der Waals surface area contributed by atoms with Crippen LogP contribution < -0.4 is 5.32 Å². The summed E-state index contributed by atoms with van der Waals surface area (Å²) in [5, 5.41) is 3.17. The van der Waals surface area contributed by atoms with Gasteiger partial charge in [0.1, 0.15) is 11.6 Å². The molecule has 2 aliphatic heterocycles. The Hall–Kier alpha value is -3.03. The highest BCUT2D eigenvalue weighted by Gasteiger charge is 2.33. The highest BCUT2D eigenvalue weighted by Crippen LogP contribution is 2.33. The van der Waals surface area contributed by atoms with Crippen molar-refractivity contribution in [3.05, 3.63) is 52.7 Å². The summed E-state index contributed by atoms with van der Waals surface area (Å²) < 4.78 is 13.1. The number of anilines is 1. The Balaban J connectivity index is 1.52. The second-order valence-corrected chi connectivity index (χ2v) is 8.17. The van der Waals surface area contributed by atoms with E-state index in [0.29, 0.717) is 38.3 Å². The lowest BCUT2D eigenvalue weighted by Gasteiger charge is -2.30. The highest BCUT2D eigenvalue weighted by atomic mass is 19.1. The van der Waals surface area contributed by atoms with Gasteiger partial charge in [0.2, 0.25) is 11.8 Å². The number of halogens is 1. The van der Waals surface area contributed by atoms with Gasteiger partial charge in [-0.2, -0.15) is 0 Å². The molecule has 2 amide bonds. The van der Waals surface area contributed by atoms with Gasteiger partial charge in [0.05, 0.1) is 18.3 Å². The molecule has 8 heteroatoms. The van der Waals surface area contributed by atoms with E-state index in [2.05, 4.69) is 5.32 Å². The minimum absolute atomic E-state index is 0.0373. The lowest BCUT2D eigenvalue weighted by atomic mass is 10.0. The number of likely N-dealkylation sites (tertiary alicyclic amines) is 1. The molecule has 7 nitrogen and oxygen atoms in total. The van der Waals surface area contributed by atoms with Crippen LogP contribution in [0, 0.1) is 5.82 Å². The number of rotatable bonds is 5. The molecule has 0 aliphatic carbocycles. The van der Waals surface area contributed by atoms with Gasteiger partial charge in [-0.3, -0.25) is 9.59 Å². The molecule has 1 atom stereocenters. The van der Waals surface area contributed by atoms with Crippen LogP contribution in [0.2, 0.25) is 0 Å². The SMILES string of the molecule is CNc1nc(C2CCCN2C(=O)CCc2ccc(F)cc2)nc2c1CCN(C(C)=O)C2. The first-order valence-electron chi connectivity index (χ1n) is 10.8. The van der Waals surface area contributed by atoms with Gasteiger partial charge in [0.25, 0.3) is 0 Å². The number of amides is 2. The van der Waals surface area contributed by atoms with Crippen molar-refractivity contribution in [3.8, 4) is 0 Å². The van der Waals surface area contributed by atoms with E-state index in [1.54, 1.807) is 24.0 Å². The first kappa shape index (κ1) is 21.2. The van der Waals surface area contributed by atoms with Gasteiger partial charge in [-0.25, -0.2) is 14.4 Å².